The second kappa shape index (κ2) is 70.3. The molecule has 6 nitrogen and oxygen atoms in total. The van der Waals surface area contributed by atoms with Crippen LogP contribution in [0.4, 0.5) is 0 Å². The minimum Gasteiger partial charge on any atom is -0.462 e. The first-order valence-electron chi connectivity index (χ1n) is 35.0. The highest BCUT2D eigenvalue weighted by Gasteiger charge is 2.19. The molecule has 0 amide bonds. The van der Waals surface area contributed by atoms with E-state index in [4.69, 9.17) is 14.2 Å². The van der Waals surface area contributed by atoms with E-state index in [1.165, 1.54) is 180 Å². The summed E-state index contributed by atoms with van der Waals surface area (Å²) in [5, 5.41) is 0. The summed E-state index contributed by atoms with van der Waals surface area (Å²) in [6.07, 6.45) is 97.9. The number of hydrogen-bond acceptors (Lipinski definition) is 6. The number of unbranched alkanes of at least 4 members (excludes halogenated alkanes) is 32. The molecule has 0 saturated heterocycles. The number of carbonyl (C=O) groups excluding carboxylic acids is 3. The Kier molecular flexibility index (Phi) is 66.7. The molecule has 0 aliphatic heterocycles. The van der Waals surface area contributed by atoms with Crippen LogP contribution in [0.1, 0.15) is 329 Å². The average Bonchev–Trinajstić information content (AvgIpc) is 3.49. The third kappa shape index (κ3) is 68.5. The fraction of sp³-hybridized carbons (Fsp3) is 0.701. The molecule has 0 rings (SSSR count). The standard InChI is InChI=1S/C77H130O6/c1-4-7-10-13-16-19-22-25-28-31-33-35-37-38-40-41-43-46-49-52-55-58-61-64-67-70-76(79)82-73-74(72-81-75(78)69-66-63-60-57-54-51-48-45-30-27-24-21-18-15-12-9-6-3)83-77(80)71-68-65-62-59-56-53-50-47-44-42-39-36-34-32-29-26-23-20-17-14-11-8-5-2/h9,12,18,21-23,25-27,30-34,39,42,48,51,57,60,74H,4-8,10-11,13-17,19-20,24,28-29,35-38,40-41,43-47,49-50,52-56,58-59,61-73H2,1-3H3/b12-9-,21-18-,25-22-,26-23-,30-27-,33-31-,34-32-,42-39-,51-48-,60-57-. The number of esters is 3. The third-order valence-corrected chi connectivity index (χ3v) is 14.9. The highest BCUT2D eigenvalue weighted by Crippen LogP contribution is 2.16. The summed E-state index contributed by atoms with van der Waals surface area (Å²) < 4.78 is 16.9. The molecule has 1 atom stereocenters. The van der Waals surface area contributed by atoms with Crippen LogP contribution >= 0.6 is 0 Å². The van der Waals surface area contributed by atoms with Gasteiger partial charge in [-0.25, -0.2) is 0 Å². The quantitative estimate of drug-likeness (QED) is 0.0261. The van der Waals surface area contributed by atoms with Crippen LogP contribution in [0.3, 0.4) is 0 Å². The van der Waals surface area contributed by atoms with Crippen molar-refractivity contribution in [2.24, 2.45) is 0 Å². The third-order valence-electron chi connectivity index (χ3n) is 14.9. The van der Waals surface area contributed by atoms with Gasteiger partial charge < -0.3 is 14.2 Å². The van der Waals surface area contributed by atoms with Gasteiger partial charge in [0.15, 0.2) is 6.10 Å². The largest absolute Gasteiger partial charge is 0.462 e. The maximum atomic E-state index is 13.0. The summed E-state index contributed by atoms with van der Waals surface area (Å²) in [7, 11) is 0. The van der Waals surface area contributed by atoms with Crippen molar-refractivity contribution in [3.8, 4) is 0 Å². The van der Waals surface area contributed by atoms with Gasteiger partial charge in [0.1, 0.15) is 13.2 Å². The Morgan fingerprint density at radius 3 is 0.783 bits per heavy atom. The molecule has 0 radical (unpaired) electrons. The van der Waals surface area contributed by atoms with E-state index in [9.17, 15) is 14.4 Å². The van der Waals surface area contributed by atoms with E-state index in [-0.39, 0.29) is 37.5 Å². The predicted octanol–water partition coefficient (Wildman–Crippen LogP) is 24.3. The molecular formula is C77H130O6. The minimum absolute atomic E-state index is 0.100. The Hall–Kier alpha value is -4.19. The van der Waals surface area contributed by atoms with E-state index in [1.807, 2.05) is 0 Å². The molecule has 83 heavy (non-hydrogen) atoms. The zero-order chi connectivity index (χ0) is 59.9. The highest BCUT2D eigenvalue weighted by molar-refractivity contribution is 5.71. The lowest BCUT2D eigenvalue weighted by Crippen LogP contribution is -2.30. The fourth-order valence-corrected chi connectivity index (χ4v) is 9.69. The molecule has 0 aromatic rings. The summed E-state index contributed by atoms with van der Waals surface area (Å²) in [5.74, 6) is -0.960. The van der Waals surface area contributed by atoms with E-state index in [0.29, 0.717) is 19.3 Å². The van der Waals surface area contributed by atoms with Crippen molar-refractivity contribution < 1.29 is 28.6 Å². The molecule has 0 saturated carbocycles. The van der Waals surface area contributed by atoms with Gasteiger partial charge in [0.25, 0.3) is 0 Å². The topological polar surface area (TPSA) is 78.9 Å². The monoisotopic (exact) mass is 1150 g/mol. The zero-order valence-electron chi connectivity index (χ0n) is 54.4. The van der Waals surface area contributed by atoms with Crippen molar-refractivity contribution in [3.63, 3.8) is 0 Å². The van der Waals surface area contributed by atoms with Crippen molar-refractivity contribution in [2.45, 2.75) is 335 Å². The van der Waals surface area contributed by atoms with Gasteiger partial charge in [0.05, 0.1) is 0 Å². The number of allylic oxidation sites excluding steroid dienone is 20. The zero-order valence-corrected chi connectivity index (χ0v) is 54.4. The van der Waals surface area contributed by atoms with Crippen LogP contribution in [0.15, 0.2) is 122 Å². The molecule has 0 aliphatic carbocycles. The average molecular weight is 1150 g/mol. The van der Waals surface area contributed by atoms with Crippen LogP contribution in [0.25, 0.3) is 0 Å². The summed E-state index contributed by atoms with van der Waals surface area (Å²) in [4.78, 5) is 38.4. The van der Waals surface area contributed by atoms with Crippen molar-refractivity contribution in [1.82, 2.24) is 0 Å². The van der Waals surface area contributed by atoms with Crippen LogP contribution in [-0.2, 0) is 28.6 Å². The van der Waals surface area contributed by atoms with Gasteiger partial charge in [0, 0.05) is 19.3 Å². The van der Waals surface area contributed by atoms with Crippen LogP contribution < -0.4 is 0 Å². The molecule has 0 spiro atoms. The van der Waals surface area contributed by atoms with Gasteiger partial charge in [0.2, 0.25) is 0 Å². The Bertz CT molecular complexity index is 1700. The number of carbonyl (C=O) groups is 3. The summed E-state index contributed by atoms with van der Waals surface area (Å²) in [6, 6.07) is 0. The van der Waals surface area contributed by atoms with E-state index >= 15 is 0 Å². The molecule has 0 fully saturated rings. The molecule has 0 aliphatic rings. The first-order valence-corrected chi connectivity index (χ1v) is 35.0. The van der Waals surface area contributed by atoms with Crippen LogP contribution in [0.2, 0.25) is 0 Å². The minimum atomic E-state index is -0.811. The summed E-state index contributed by atoms with van der Waals surface area (Å²) in [6.45, 7) is 6.48. The molecular weight excluding hydrogens is 1020 g/mol. The van der Waals surface area contributed by atoms with E-state index in [0.717, 1.165) is 103 Å². The second-order valence-electron chi connectivity index (χ2n) is 23.1. The first-order chi connectivity index (χ1) is 41.0. The second-order valence-corrected chi connectivity index (χ2v) is 23.1. The van der Waals surface area contributed by atoms with E-state index < -0.39 is 6.10 Å². The molecule has 474 valence electrons. The number of rotatable bonds is 63. The number of hydrogen-bond donors (Lipinski definition) is 0. The normalized spacial score (nSPS) is 12.9. The first kappa shape index (κ1) is 78.8. The molecule has 0 bridgehead atoms. The maximum Gasteiger partial charge on any atom is 0.306 e. The SMILES string of the molecule is CC/C=C\C/C=C\C/C=C\C/C=C\C/C=C\CCCC(=O)OCC(COC(=O)CCCCCCCCCCCCCCC/C=C\C/C=C\CCCCCCC)OC(=O)CCCCCCCCCC/C=C\C/C=C\C/C=C\CCCCCCC. The Labute approximate surface area is 513 Å². The van der Waals surface area contributed by atoms with E-state index in [2.05, 4.69) is 142 Å². The highest BCUT2D eigenvalue weighted by atomic mass is 16.6. The molecule has 0 aromatic heterocycles. The summed E-state index contributed by atoms with van der Waals surface area (Å²) in [5.41, 5.74) is 0. The maximum absolute atomic E-state index is 13.0. The van der Waals surface area contributed by atoms with Crippen molar-refractivity contribution in [3.05, 3.63) is 122 Å². The van der Waals surface area contributed by atoms with Gasteiger partial charge in [-0.2, -0.15) is 0 Å². The van der Waals surface area contributed by atoms with Crippen LogP contribution in [0.5, 0.6) is 0 Å². The molecule has 0 N–H and O–H groups in total. The molecule has 1 unspecified atom stereocenters. The van der Waals surface area contributed by atoms with Crippen molar-refractivity contribution >= 4 is 17.9 Å². The summed E-state index contributed by atoms with van der Waals surface area (Å²) >= 11 is 0. The van der Waals surface area contributed by atoms with Gasteiger partial charge in [-0.15, -0.1) is 0 Å². The van der Waals surface area contributed by atoms with Crippen LogP contribution in [0, 0.1) is 0 Å². The van der Waals surface area contributed by atoms with Gasteiger partial charge in [-0.3, -0.25) is 14.4 Å². The molecule has 6 heteroatoms. The van der Waals surface area contributed by atoms with E-state index in [1.54, 1.807) is 0 Å². The molecule has 0 aromatic carbocycles. The van der Waals surface area contributed by atoms with Gasteiger partial charge >= 0.3 is 17.9 Å². The van der Waals surface area contributed by atoms with Gasteiger partial charge in [-0.05, 0) is 128 Å². The Balaban J connectivity index is 4.43. The lowest BCUT2D eigenvalue weighted by atomic mass is 10.0. The van der Waals surface area contributed by atoms with Crippen molar-refractivity contribution in [2.75, 3.05) is 13.2 Å². The Morgan fingerprint density at radius 1 is 0.253 bits per heavy atom. The Morgan fingerprint density at radius 2 is 0.482 bits per heavy atom. The smallest absolute Gasteiger partial charge is 0.306 e. The van der Waals surface area contributed by atoms with Crippen LogP contribution in [-0.4, -0.2) is 37.2 Å². The lowest BCUT2D eigenvalue weighted by Gasteiger charge is -2.18. The van der Waals surface area contributed by atoms with Gasteiger partial charge in [-0.1, -0.05) is 303 Å². The van der Waals surface area contributed by atoms with Crippen molar-refractivity contribution in [1.29, 1.82) is 0 Å². The lowest BCUT2D eigenvalue weighted by molar-refractivity contribution is -0.167. The molecule has 0 heterocycles. The fourth-order valence-electron chi connectivity index (χ4n) is 9.69. The number of ether oxygens (including phenoxy) is 3. The predicted molar refractivity (Wildman–Crippen MR) is 362 cm³/mol.